The summed E-state index contributed by atoms with van der Waals surface area (Å²) in [7, 11) is 0. The van der Waals surface area contributed by atoms with E-state index in [4.69, 9.17) is 0 Å². The predicted molar refractivity (Wildman–Crippen MR) is 81.1 cm³/mol. The van der Waals surface area contributed by atoms with E-state index in [0.717, 1.165) is 40.6 Å². The van der Waals surface area contributed by atoms with Crippen molar-refractivity contribution in [3.8, 4) is 6.07 Å². The van der Waals surface area contributed by atoms with E-state index >= 15 is 0 Å². The Kier molecular flexibility index (Phi) is 3.79. The molecule has 2 atom stereocenters. The van der Waals surface area contributed by atoms with Crippen molar-refractivity contribution in [2.45, 2.75) is 32.1 Å². The molecule has 0 spiro atoms. The molecule has 0 amide bonds. The molecule has 100 valence electrons. The van der Waals surface area contributed by atoms with E-state index in [9.17, 15) is 5.26 Å². The van der Waals surface area contributed by atoms with Crippen molar-refractivity contribution in [2.75, 3.05) is 18.0 Å². The summed E-state index contributed by atoms with van der Waals surface area (Å²) in [6.07, 6.45) is 6.90. The van der Waals surface area contributed by atoms with Crippen LogP contribution in [0, 0.1) is 23.2 Å². The number of nitriles is 1. The van der Waals surface area contributed by atoms with Crippen LogP contribution in [0.4, 0.5) is 5.69 Å². The largest absolute Gasteiger partial charge is 0.370 e. The maximum Gasteiger partial charge on any atom is 0.101 e. The zero-order chi connectivity index (χ0) is 13.2. The van der Waals surface area contributed by atoms with Crippen LogP contribution in [0.3, 0.4) is 0 Å². The van der Waals surface area contributed by atoms with Crippen LogP contribution in [-0.2, 0) is 0 Å². The van der Waals surface area contributed by atoms with Gasteiger partial charge in [0.05, 0.1) is 11.3 Å². The first-order valence-electron chi connectivity index (χ1n) is 7.22. The van der Waals surface area contributed by atoms with Gasteiger partial charge in [0.25, 0.3) is 0 Å². The molecule has 1 saturated heterocycles. The highest BCUT2D eigenvalue weighted by Crippen LogP contribution is 2.38. The molecule has 19 heavy (non-hydrogen) atoms. The van der Waals surface area contributed by atoms with Gasteiger partial charge in [0.15, 0.2) is 0 Å². The van der Waals surface area contributed by atoms with Gasteiger partial charge in [-0.25, -0.2) is 0 Å². The van der Waals surface area contributed by atoms with Crippen LogP contribution in [0.25, 0.3) is 0 Å². The molecule has 2 unspecified atom stereocenters. The Morgan fingerprint density at radius 2 is 1.95 bits per heavy atom. The molecule has 2 nitrogen and oxygen atoms in total. The van der Waals surface area contributed by atoms with Crippen molar-refractivity contribution in [1.82, 2.24) is 0 Å². The van der Waals surface area contributed by atoms with Gasteiger partial charge >= 0.3 is 0 Å². The third-order valence-electron chi connectivity index (χ3n) is 4.71. The minimum Gasteiger partial charge on any atom is -0.370 e. The van der Waals surface area contributed by atoms with E-state index in [1.54, 1.807) is 0 Å². The number of nitrogens with zero attached hydrogens (tertiary/aromatic N) is 2. The molecule has 2 fully saturated rings. The highest BCUT2D eigenvalue weighted by Gasteiger charge is 2.31. The zero-order valence-corrected chi connectivity index (χ0v) is 12.7. The second kappa shape index (κ2) is 5.54. The van der Waals surface area contributed by atoms with E-state index in [2.05, 4.69) is 33.0 Å². The van der Waals surface area contributed by atoms with Crippen LogP contribution >= 0.6 is 15.9 Å². The first-order valence-corrected chi connectivity index (χ1v) is 8.02. The van der Waals surface area contributed by atoms with Gasteiger partial charge in [-0.2, -0.15) is 5.26 Å². The third-order valence-corrected chi connectivity index (χ3v) is 5.20. The molecule has 1 aromatic carbocycles. The van der Waals surface area contributed by atoms with E-state index in [0.29, 0.717) is 0 Å². The highest BCUT2D eigenvalue weighted by atomic mass is 79.9. The molecule has 0 N–H and O–H groups in total. The third kappa shape index (κ3) is 2.65. The predicted octanol–water partition coefficient (Wildman–Crippen LogP) is 4.34. The quantitative estimate of drug-likeness (QED) is 0.770. The standard InChI is InChI=1S/C16H19BrN2/c17-15-5-6-16(14(9-15)10-18)19-8-7-12-3-1-2-4-13(12)11-19/h5-6,9,12-13H,1-4,7-8,11H2. The molecule has 0 radical (unpaired) electrons. The molecular formula is C16H19BrN2. The van der Waals surface area contributed by atoms with Gasteiger partial charge in [-0.1, -0.05) is 35.2 Å². The monoisotopic (exact) mass is 318 g/mol. The first kappa shape index (κ1) is 13.0. The Morgan fingerprint density at radius 1 is 1.16 bits per heavy atom. The molecular weight excluding hydrogens is 300 g/mol. The average molecular weight is 319 g/mol. The lowest BCUT2D eigenvalue weighted by Gasteiger charge is -2.42. The second-order valence-corrected chi connectivity index (χ2v) is 6.73. The number of fused-ring (bicyclic) bond motifs is 1. The Labute approximate surface area is 123 Å². The number of benzene rings is 1. The summed E-state index contributed by atoms with van der Waals surface area (Å²) in [6.45, 7) is 2.25. The van der Waals surface area contributed by atoms with Gasteiger partial charge < -0.3 is 4.90 Å². The lowest BCUT2D eigenvalue weighted by molar-refractivity contribution is 0.202. The van der Waals surface area contributed by atoms with Crippen molar-refractivity contribution in [3.63, 3.8) is 0 Å². The number of rotatable bonds is 1. The number of halogens is 1. The summed E-state index contributed by atoms with van der Waals surface area (Å²) >= 11 is 3.45. The fourth-order valence-electron chi connectivity index (χ4n) is 3.69. The minimum atomic E-state index is 0.795. The first-order chi connectivity index (χ1) is 9.28. The SMILES string of the molecule is N#Cc1cc(Br)ccc1N1CCC2CCCCC2C1. The molecule has 1 aliphatic carbocycles. The fraction of sp³-hybridized carbons (Fsp3) is 0.562. The smallest absolute Gasteiger partial charge is 0.101 e. The van der Waals surface area contributed by atoms with Crippen molar-refractivity contribution in [2.24, 2.45) is 11.8 Å². The van der Waals surface area contributed by atoms with Gasteiger partial charge in [0.2, 0.25) is 0 Å². The van der Waals surface area contributed by atoms with E-state index < -0.39 is 0 Å². The lowest BCUT2D eigenvalue weighted by atomic mass is 9.75. The van der Waals surface area contributed by atoms with Gasteiger partial charge in [-0.3, -0.25) is 0 Å². The summed E-state index contributed by atoms with van der Waals surface area (Å²) in [4.78, 5) is 2.43. The van der Waals surface area contributed by atoms with Crippen molar-refractivity contribution >= 4 is 21.6 Å². The van der Waals surface area contributed by atoms with Gasteiger partial charge in [0.1, 0.15) is 6.07 Å². The topological polar surface area (TPSA) is 27.0 Å². The molecule has 3 rings (SSSR count). The number of hydrogen-bond donors (Lipinski definition) is 0. The maximum atomic E-state index is 9.31. The Hall–Kier alpha value is -1.01. The van der Waals surface area contributed by atoms with Crippen LogP contribution < -0.4 is 4.90 Å². The van der Waals surface area contributed by atoms with Crippen molar-refractivity contribution in [3.05, 3.63) is 28.2 Å². The molecule has 1 heterocycles. The van der Waals surface area contributed by atoms with Crippen molar-refractivity contribution in [1.29, 1.82) is 5.26 Å². The van der Waals surface area contributed by atoms with E-state index in [1.165, 1.54) is 32.1 Å². The lowest BCUT2D eigenvalue weighted by Crippen LogP contribution is -2.42. The number of piperidine rings is 1. The van der Waals surface area contributed by atoms with Crippen molar-refractivity contribution < 1.29 is 0 Å². The summed E-state index contributed by atoms with van der Waals surface area (Å²) in [5.41, 5.74) is 1.92. The Morgan fingerprint density at radius 3 is 2.74 bits per heavy atom. The molecule has 1 saturated carbocycles. The molecule has 3 heteroatoms. The zero-order valence-electron chi connectivity index (χ0n) is 11.1. The highest BCUT2D eigenvalue weighted by molar-refractivity contribution is 9.10. The summed E-state index contributed by atoms with van der Waals surface area (Å²) < 4.78 is 0.986. The molecule has 1 aliphatic heterocycles. The Bertz CT molecular complexity index is 506. The average Bonchev–Trinajstić information content (AvgIpc) is 2.46. The van der Waals surface area contributed by atoms with Gasteiger partial charge in [-0.05, 0) is 42.9 Å². The number of anilines is 1. The van der Waals surface area contributed by atoms with Crippen LogP contribution in [0.1, 0.15) is 37.7 Å². The Balaban J connectivity index is 1.81. The van der Waals surface area contributed by atoms with E-state index in [1.807, 2.05) is 12.1 Å². The van der Waals surface area contributed by atoms with Gasteiger partial charge in [-0.15, -0.1) is 0 Å². The van der Waals surface area contributed by atoms with Crippen LogP contribution in [0.15, 0.2) is 22.7 Å². The summed E-state index contributed by atoms with van der Waals surface area (Å²) in [6, 6.07) is 8.40. The summed E-state index contributed by atoms with van der Waals surface area (Å²) in [5.74, 6) is 1.78. The maximum absolute atomic E-state index is 9.31. The number of hydrogen-bond acceptors (Lipinski definition) is 2. The molecule has 0 bridgehead atoms. The van der Waals surface area contributed by atoms with E-state index in [-0.39, 0.29) is 0 Å². The van der Waals surface area contributed by atoms with Crippen LogP contribution in [-0.4, -0.2) is 13.1 Å². The van der Waals surface area contributed by atoms with Crippen LogP contribution in [0.5, 0.6) is 0 Å². The second-order valence-electron chi connectivity index (χ2n) is 5.81. The fourth-order valence-corrected chi connectivity index (χ4v) is 4.05. The summed E-state index contributed by atoms with van der Waals surface area (Å²) in [5, 5.41) is 9.31. The van der Waals surface area contributed by atoms with Crippen LogP contribution in [0.2, 0.25) is 0 Å². The minimum absolute atomic E-state index is 0.795. The molecule has 1 aromatic rings. The molecule has 2 aliphatic rings. The normalized spacial score (nSPS) is 26.6. The van der Waals surface area contributed by atoms with Gasteiger partial charge in [0, 0.05) is 17.6 Å². The molecule has 0 aromatic heterocycles.